The average Bonchev–Trinajstić information content (AvgIpc) is 2.78. The maximum atomic E-state index is 13.2. The number of ketones is 1. The number of carbonyl (C=O) groups is 3. The summed E-state index contributed by atoms with van der Waals surface area (Å²) < 4.78 is 11.2. The highest BCUT2D eigenvalue weighted by molar-refractivity contribution is 5.94. The third-order valence-electron chi connectivity index (χ3n) is 5.70. The summed E-state index contributed by atoms with van der Waals surface area (Å²) in [5.74, 6) is 0.114. The number of nitrogens with zero attached hydrogens (tertiary/aromatic N) is 1. The van der Waals surface area contributed by atoms with Crippen LogP contribution in [0.5, 0.6) is 11.5 Å². The molecule has 1 aliphatic heterocycles. The number of ether oxygens (including phenoxy) is 2. The summed E-state index contributed by atoms with van der Waals surface area (Å²) in [6.07, 6.45) is 2.51. The molecule has 1 heterocycles. The predicted octanol–water partition coefficient (Wildman–Crippen LogP) is 4.58. The van der Waals surface area contributed by atoms with Crippen LogP contribution >= 0.6 is 0 Å². The number of rotatable bonds is 8. The number of likely N-dealkylation sites (tertiary alicyclic amines) is 1. The summed E-state index contributed by atoms with van der Waals surface area (Å²) in [6.45, 7) is 4.14. The number of unbranched alkanes of at least 4 members (excludes halogenated alkanes) is 1. The van der Waals surface area contributed by atoms with Crippen LogP contribution in [0.2, 0.25) is 0 Å². The van der Waals surface area contributed by atoms with Crippen molar-refractivity contribution >= 4 is 17.7 Å². The Bertz CT molecular complexity index is 937. The summed E-state index contributed by atoms with van der Waals surface area (Å²) in [6, 6.07) is 13.6. The van der Waals surface area contributed by atoms with Gasteiger partial charge in [0.25, 0.3) is 0 Å². The number of esters is 1. The lowest BCUT2D eigenvalue weighted by Crippen LogP contribution is -2.46. The minimum absolute atomic E-state index is 0.0409. The van der Waals surface area contributed by atoms with Gasteiger partial charge in [0.2, 0.25) is 5.91 Å². The zero-order chi connectivity index (χ0) is 22.4. The number of methoxy groups -OCH3 is 1. The third kappa shape index (κ3) is 5.13. The molecular formula is C25H29NO5. The highest BCUT2D eigenvalue weighted by atomic mass is 16.5. The van der Waals surface area contributed by atoms with Gasteiger partial charge in [0, 0.05) is 24.1 Å². The van der Waals surface area contributed by atoms with Crippen molar-refractivity contribution < 1.29 is 23.9 Å². The van der Waals surface area contributed by atoms with E-state index >= 15 is 0 Å². The van der Waals surface area contributed by atoms with Crippen molar-refractivity contribution in [2.45, 2.75) is 45.6 Å². The Hall–Kier alpha value is -3.15. The smallest absolute Gasteiger partial charge is 0.316 e. The Morgan fingerprint density at radius 2 is 1.81 bits per heavy atom. The molecule has 0 bridgehead atoms. The molecule has 0 N–H and O–H groups in total. The highest BCUT2D eigenvalue weighted by Gasteiger charge is 2.42. The van der Waals surface area contributed by atoms with Gasteiger partial charge in [0.05, 0.1) is 19.1 Å². The molecule has 0 saturated carbocycles. The summed E-state index contributed by atoms with van der Waals surface area (Å²) in [7, 11) is 1.59. The SMILES string of the molecule is CCCCN1C(=O)CC[C@H](C(=O)Oc2ccc(C(C)=O)cc2)[C@@H]1c1ccccc1OC. The van der Waals surface area contributed by atoms with Gasteiger partial charge in [-0.25, -0.2) is 0 Å². The topological polar surface area (TPSA) is 72.9 Å². The number of piperidine rings is 1. The fourth-order valence-electron chi connectivity index (χ4n) is 4.04. The lowest BCUT2D eigenvalue weighted by molar-refractivity contribution is -0.150. The average molecular weight is 424 g/mol. The number of amides is 1. The molecular weight excluding hydrogens is 394 g/mol. The molecule has 0 unspecified atom stereocenters. The zero-order valence-electron chi connectivity index (χ0n) is 18.3. The fourth-order valence-corrected chi connectivity index (χ4v) is 4.04. The van der Waals surface area contributed by atoms with Gasteiger partial charge in [0.15, 0.2) is 5.78 Å². The maximum absolute atomic E-state index is 13.2. The van der Waals surface area contributed by atoms with E-state index in [0.29, 0.717) is 36.4 Å². The van der Waals surface area contributed by atoms with E-state index in [1.165, 1.54) is 6.92 Å². The van der Waals surface area contributed by atoms with Crippen molar-refractivity contribution in [1.82, 2.24) is 4.90 Å². The number of hydrogen-bond acceptors (Lipinski definition) is 5. The predicted molar refractivity (Wildman–Crippen MR) is 117 cm³/mol. The van der Waals surface area contributed by atoms with Crippen molar-refractivity contribution in [2.75, 3.05) is 13.7 Å². The highest BCUT2D eigenvalue weighted by Crippen LogP contribution is 2.41. The maximum Gasteiger partial charge on any atom is 0.316 e. The first-order valence-corrected chi connectivity index (χ1v) is 10.7. The molecule has 2 aromatic rings. The quantitative estimate of drug-likeness (QED) is 0.353. The van der Waals surface area contributed by atoms with E-state index in [9.17, 15) is 14.4 Å². The summed E-state index contributed by atoms with van der Waals surface area (Å²) in [5, 5.41) is 0. The summed E-state index contributed by atoms with van der Waals surface area (Å²) >= 11 is 0. The second kappa shape index (κ2) is 10.2. The molecule has 3 rings (SSSR count). The van der Waals surface area contributed by atoms with Crippen LogP contribution in [0, 0.1) is 5.92 Å². The standard InChI is InChI=1S/C25H29NO5/c1-4-5-16-26-23(28)15-14-21(24(26)20-8-6-7-9-22(20)30-3)25(29)31-19-12-10-18(11-13-19)17(2)27/h6-13,21,24H,4-5,14-16H2,1-3H3/t21-,24-/m0/s1. The van der Waals surface area contributed by atoms with Gasteiger partial charge in [0.1, 0.15) is 11.5 Å². The van der Waals surface area contributed by atoms with Crippen molar-refractivity contribution in [3.05, 3.63) is 59.7 Å². The van der Waals surface area contributed by atoms with Crippen LogP contribution in [0.1, 0.15) is 61.5 Å². The van der Waals surface area contributed by atoms with Crippen LogP contribution in [0.4, 0.5) is 0 Å². The first-order chi connectivity index (χ1) is 15.0. The third-order valence-corrected chi connectivity index (χ3v) is 5.70. The molecule has 2 aromatic carbocycles. The van der Waals surface area contributed by atoms with Crippen LogP contribution in [-0.4, -0.2) is 36.2 Å². The normalized spacial score (nSPS) is 18.5. The number of hydrogen-bond donors (Lipinski definition) is 0. The van der Waals surface area contributed by atoms with Gasteiger partial charge in [-0.05, 0) is 50.1 Å². The number of para-hydroxylation sites is 1. The van der Waals surface area contributed by atoms with E-state index in [2.05, 4.69) is 6.92 Å². The summed E-state index contributed by atoms with van der Waals surface area (Å²) in [5.41, 5.74) is 1.36. The van der Waals surface area contributed by atoms with E-state index < -0.39 is 12.0 Å². The molecule has 1 saturated heterocycles. The minimum Gasteiger partial charge on any atom is -0.496 e. The van der Waals surface area contributed by atoms with Gasteiger partial charge in [-0.3, -0.25) is 14.4 Å². The monoisotopic (exact) mass is 423 g/mol. The Balaban J connectivity index is 1.92. The van der Waals surface area contributed by atoms with Crippen molar-refractivity contribution in [3.63, 3.8) is 0 Å². The van der Waals surface area contributed by atoms with E-state index in [4.69, 9.17) is 9.47 Å². The van der Waals surface area contributed by atoms with Crippen LogP contribution < -0.4 is 9.47 Å². The van der Waals surface area contributed by atoms with Crippen molar-refractivity contribution in [3.8, 4) is 11.5 Å². The van der Waals surface area contributed by atoms with E-state index in [0.717, 1.165) is 18.4 Å². The molecule has 6 heteroatoms. The second-order valence-corrected chi connectivity index (χ2v) is 7.77. The van der Waals surface area contributed by atoms with Crippen molar-refractivity contribution in [1.29, 1.82) is 0 Å². The molecule has 0 aliphatic carbocycles. The first kappa shape index (κ1) is 22.5. The van der Waals surface area contributed by atoms with Gasteiger partial charge in [-0.15, -0.1) is 0 Å². The molecule has 1 fully saturated rings. The Morgan fingerprint density at radius 3 is 2.45 bits per heavy atom. The molecule has 1 aliphatic rings. The molecule has 6 nitrogen and oxygen atoms in total. The Labute approximate surface area is 183 Å². The van der Waals surface area contributed by atoms with Crippen LogP contribution in [-0.2, 0) is 9.59 Å². The molecule has 31 heavy (non-hydrogen) atoms. The van der Waals surface area contributed by atoms with E-state index in [1.54, 1.807) is 36.3 Å². The fraction of sp³-hybridized carbons (Fsp3) is 0.400. The van der Waals surface area contributed by atoms with E-state index in [1.807, 2.05) is 24.3 Å². The molecule has 0 radical (unpaired) electrons. The number of benzene rings is 2. The molecule has 0 aromatic heterocycles. The van der Waals surface area contributed by atoms with Crippen LogP contribution in [0.15, 0.2) is 48.5 Å². The van der Waals surface area contributed by atoms with Gasteiger partial charge < -0.3 is 14.4 Å². The number of Topliss-reactive ketones (excluding diaryl/α,β-unsaturated/α-hetero) is 1. The van der Waals surface area contributed by atoms with Gasteiger partial charge in [-0.2, -0.15) is 0 Å². The second-order valence-electron chi connectivity index (χ2n) is 7.77. The summed E-state index contributed by atoms with van der Waals surface area (Å²) in [4.78, 5) is 39.3. The molecule has 0 spiro atoms. The molecule has 1 amide bonds. The zero-order valence-corrected chi connectivity index (χ0v) is 18.3. The Kier molecular flexibility index (Phi) is 7.45. The van der Waals surface area contributed by atoms with Gasteiger partial charge >= 0.3 is 5.97 Å². The largest absolute Gasteiger partial charge is 0.496 e. The van der Waals surface area contributed by atoms with Crippen molar-refractivity contribution in [2.24, 2.45) is 5.92 Å². The Morgan fingerprint density at radius 1 is 1.10 bits per heavy atom. The molecule has 2 atom stereocenters. The van der Waals surface area contributed by atoms with Gasteiger partial charge in [-0.1, -0.05) is 31.5 Å². The molecule has 164 valence electrons. The van der Waals surface area contributed by atoms with Crippen LogP contribution in [0.25, 0.3) is 0 Å². The van der Waals surface area contributed by atoms with E-state index in [-0.39, 0.29) is 17.7 Å². The lowest BCUT2D eigenvalue weighted by Gasteiger charge is -2.40. The first-order valence-electron chi connectivity index (χ1n) is 10.7. The lowest BCUT2D eigenvalue weighted by atomic mass is 9.83. The van der Waals surface area contributed by atoms with Crippen LogP contribution in [0.3, 0.4) is 0 Å². The minimum atomic E-state index is -0.515. The number of carbonyl (C=O) groups excluding carboxylic acids is 3.